The van der Waals surface area contributed by atoms with E-state index in [1.807, 2.05) is 39.8 Å². The van der Waals surface area contributed by atoms with Gasteiger partial charge in [-0.25, -0.2) is 0 Å². The first-order chi connectivity index (χ1) is 14.2. The van der Waals surface area contributed by atoms with Gasteiger partial charge in [0.25, 0.3) is 0 Å². The lowest BCUT2D eigenvalue weighted by Crippen LogP contribution is -2.06. The van der Waals surface area contributed by atoms with E-state index >= 15 is 0 Å². The zero-order valence-corrected chi connectivity index (χ0v) is 17.6. The number of hydrogen-bond donors (Lipinski definition) is 3. The fourth-order valence-electron chi connectivity index (χ4n) is 3.26. The van der Waals surface area contributed by atoms with Gasteiger partial charge in [-0.1, -0.05) is 29.4 Å². The largest absolute Gasteiger partial charge is 0.508 e. The Morgan fingerprint density at radius 3 is 2.23 bits per heavy atom. The molecule has 2 aromatic carbocycles. The second kappa shape index (κ2) is 8.49. The van der Waals surface area contributed by atoms with Gasteiger partial charge >= 0.3 is 0 Å². The Bertz CT molecular complexity index is 1220. The summed E-state index contributed by atoms with van der Waals surface area (Å²) in [5, 5.41) is 30.8. The third kappa shape index (κ3) is 4.25. The minimum atomic E-state index is -0.397. The van der Waals surface area contributed by atoms with E-state index in [1.165, 1.54) is 12.3 Å². The zero-order chi connectivity index (χ0) is 22.0. The summed E-state index contributed by atoms with van der Waals surface area (Å²) in [5.74, 6) is -0.303. The Labute approximate surface area is 175 Å². The molecule has 0 spiro atoms. The molecule has 1 aromatic heterocycles. The average molecular weight is 406 g/mol. The van der Waals surface area contributed by atoms with Gasteiger partial charge in [0.15, 0.2) is 0 Å². The fourth-order valence-corrected chi connectivity index (χ4v) is 3.26. The highest BCUT2D eigenvalue weighted by atomic mass is 16.3. The maximum atomic E-state index is 13.2. The highest BCUT2D eigenvalue weighted by Crippen LogP contribution is 2.35. The Kier molecular flexibility index (Phi) is 6.01. The third-order valence-electron chi connectivity index (χ3n) is 4.94. The smallest absolute Gasteiger partial charge is 0.204 e. The van der Waals surface area contributed by atoms with Crippen molar-refractivity contribution in [3.8, 4) is 28.4 Å². The minimum absolute atomic E-state index is 0.0291. The van der Waals surface area contributed by atoms with Crippen LogP contribution in [-0.2, 0) is 12.8 Å². The van der Waals surface area contributed by atoms with E-state index < -0.39 is 5.43 Å². The Balaban J connectivity index is 2.19. The van der Waals surface area contributed by atoms with Crippen molar-refractivity contribution in [3.05, 3.63) is 75.2 Å². The number of allylic oxidation sites excluding steroid dienone is 4. The second-order valence-electron chi connectivity index (χ2n) is 7.89. The zero-order valence-electron chi connectivity index (χ0n) is 17.6. The summed E-state index contributed by atoms with van der Waals surface area (Å²) in [7, 11) is 0. The van der Waals surface area contributed by atoms with E-state index in [-0.39, 0.29) is 33.8 Å². The van der Waals surface area contributed by atoms with E-state index in [0.717, 1.165) is 11.1 Å². The van der Waals surface area contributed by atoms with Crippen LogP contribution in [0.15, 0.2) is 63.0 Å². The molecule has 5 heteroatoms. The van der Waals surface area contributed by atoms with Gasteiger partial charge in [-0.05, 0) is 63.8 Å². The molecule has 0 aliphatic heterocycles. The van der Waals surface area contributed by atoms with Gasteiger partial charge in [-0.3, -0.25) is 4.79 Å². The van der Waals surface area contributed by atoms with Crippen LogP contribution in [0.2, 0.25) is 0 Å². The molecule has 0 fully saturated rings. The molecule has 1 heterocycles. The lowest BCUT2D eigenvalue weighted by molar-refractivity contribution is 0.447. The van der Waals surface area contributed by atoms with Gasteiger partial charge in [-0.2, -0.15) is 0 Å². The molecule has 156 valence electrons. The van der Waals surface area contributed by atoms with Crippen LogP contribution in [0.1, 0.15) is 38.8 Å². The quantitative estimate of drug-likeness (QED) is 0.480. The number of fused-ring (bicyclic) bond motifs is 1. The molecule has 3 N–H and O–H groups in total. The average Bonchev–Trinajstić information content (AvgIpc) is 2.67. The summed E-state index contributed by atoms with van der Waals surface area (Å²) >= 11 is 0. The van der Waals surface area contributed by atoms with Crippen molar-refractivity contribution in [1.29, 1.82) is 0 Å². The molecular formula is C25H26O5. The monoisotopic (exact) mass is 406 g/mol. The highest BCUT2D eigenvalue weighted by Gasteiger charge is 2.19. The number of phenols is 3. The van der Waals surface area contributed by atoms with E-state index in [9.17, 15) is 20.1 Å². The summed E-state index contributed by atoms with van der Waals surface area (Å²) in [4.78, 5) is 13.2. The Morgan fingerprint density at radius 1 is 0.900 bits per heavy atom. The summed E-state index contributed by atoms with van der Waals surface area (Å²) in [6.45, 7) is 7.82. The number of aromatic hydroxyl groups is 3. The van der Waals surface area contributed by atoms with Gasteiger partial charge in [-0.15, -0.1) is 0 Å². The van der Waals surface area contributed by atoms with Gasteiger partial charge in [0.05, 0.1) is 5.56 Å². The number of benzene rings is 2. The highest BCUT2D eigenvalue weighted by molar-refractivity contribution is 5.91. The Morgan fingerprint density at radius 2 is 1.57 bits per heavy atom. The number of rotatable bonds is 5. The van der Waals surface area contributed by atoms with Crippen LogP contribution in [0.5, 0.6) is 17.2 Å². The van der Waals surface area contributed by atoms with Crippen LogP contribution < -0.4 is 5.43 Å². The van der Waals surface area contributed by atoms with Crippen LogP contribution >= 0.6 is 0 Å². The fraction of sp³-hybridized carbons (Fsp3) is 0.240. The normalized spacial score (nSPS) is 10.8. The van der Waals surface area contributed by atoms with Crippen molar-refractivity contribution < 1.29 is 19.7 Å². The van der Waals surface area contributed by atoms with E-state index in [1.54, 1.807) is 18.2 Å². The van der Waals surface area contributed by atoms with Crippen molar-refractivity contribution in [1.82, 2.24) is 0 Å². The molecule has 3 aromatic rings. The maximum absolute atomic E-state index is 13.2. The first-order valence-corrected chi connectivity index (χ1v) is 9.77. The van der Waals surface area contributed by atoms with Crippen LogP contribution in [0.25, 0.3) is 22.1 Å². The van der Waals surface area contributed by atoms with Gasteiger partial charge in [0, 0.05) is 11.6 Å². The second-order valence-corrected chi connectivity index (χ2v) is 7.89. The topological polar surface area (TPSA) is 90.9 Å². The first kappa shape index (κ1) is 21.2. The predicted octanol–water partition coefficient (Wildman–Crippen LogP) is 5.59. The van der Waals surface area contributed by atoms with Crippen molar-refractivity contribution in [2.75, 3.05) is 0 Å². The molecule has 0 amide bonds. The molecule has 0 saturated carbocycles. The molecule has 30 heavy (non-hydrogen) atoms. The lowest BCUT2D eigenvalue weighted by Gasteiger charge is -2.11. The van der Waals surface area contributed by atoms with Crippen molar-refractivity contribution >= 4 is 11.0 Å². The molecule has 0 bridgehead atoms. The van der Waals surface area contributed by atoms with Crippen molar-refractivity contribution in [3.63, 3.8) is 0 Å². The molecule has 0 saturated heterocycles. The molecule has 0 unspecified atom stereocenters. The molecular weight excluding hydrogens is 380 g/mol. The molecule has 0 radical (unpaired) electrons. The van der Waals surface area contributed by atoms with E-state index in [2.05, 4.69) is 0 Å². The maximum Gasteiger partial charge on any atom is 0.204 e. The summed E-state index contributed by atoms with van der Waals surface area (Å²) in [6, 6.07) is 6.10. The third-order valence-corrected chi connectivity index (χ3v) is 4.94. The van der Waals surface area contributed by atoms with Crippen LogP contribution in [0, 0.1) is 0 Å². The molecule has 0 aliphatic carbocycles. The summed E-state index contributed by atoms with van der Waals surface area (Å²) in [5.41, 5.74) is 3.94. The van der Waals surface area contributed by atoms with Crippen LogP contribution in [0.4, 0.5) is 0 Å². The summed E-state index contributed by atoms with van der Waals surface area (Å²) < 4.78 is 5.75. The molecule has 0 aliphatic rings. The molecule has 3 rings (SSSR count). The van der Waals surface area contributed by atoms with Crippen molar-refractivity contribution in [2.24, 2.45) is 0 Å². The van der Waals surface area contributed by atoms with Gasteiger partial charge in [0.2, 0.25) is 5.43 Å². The first-order valence-electron chi connectivity index (χ1n) is 9.77. The Hall–Kier alpha value is -3.47. The number of hydrogen-bond acceptors (Lipinski definition) is 5. The van der Waals surface area contributed by atoms with E-state index in [0.29, 0.717) is 29.5 Å². The summed E-state index contributed by atoms with van der Waals surface area (Å²) in [6.07, 6.45) is 6.15. The van der Waals surface area contributed by atoms with E-state index in [4.69, 9.17) is 4.42 Å². The van der Waals surface area contributed by atoms with Gasteiger partial charge < -0.3 is 19.7 Å². The molecule has 5 nitrogen and oxygen atoms in total. The van der Waals surface area contributed by atoms with Crippen LogP contribution in [0.3, 0.4) is 0 Å². The number of phenolic OH excluding ortho intramolecular Hbond substituents is 3. The lowest BCUT2D eigenvalue weighted by atomic mass is 9.98. The minimum Gasteiger partial charge on any atom is -0.508 e. The van der Waals surface area contributed by atoms with Crippen LogP contribution in [-0.4, -0.2) is 15.3 Å². The standard InChI is InChI=1S/C25H26O5/c1-14(2)5-7-17-11-16(8-10-20(17)26)19-13-30-25-18(9-6-15(3)4)21(27)12-22(28)23(25)24(19)29/h5-6,8,10-13,26-28H,7,9H2,1-4H3. The molecule has 0 atom stereocenters. The van der Waals surface area contributed by atoms with Crippen molar-refractivity contribution in [2.45, 2.75) is 40.5 Å². The predicted molar refractivity (Wildman–Crippen MR) is 119 cm³/mol. The SMILES string of the molecule is CC(C)=CCc1cc(-c2coc3c(CC=C(C)C)c(O)cc(O)c3c2=O)ccc1O. The van der Waals surface area contributed by atoms with Gasteiger partial charge in [0.1, 0.15) is 34.5 Å².